The van der Waals surface area contributed by atoms with Gasteiger partial charge in [-0.05, 0) is 23.8 Å². The Balaban J connectivity index is 1.83. The van der Waals surface area contributed by atoms with E-state index in [9.17, 15) is 9.90 Å². The summed E-state index contributed by atoms with van der Waals surface area (Å²) in [6.45, 7) is 0. The molecule has 0 fully saturated rings. The number of aromatic hydroxyl groups is 1. The van der Waals surface area contributed by atoms with Gasteiger partial charge >= 0.3 is 5.97 Å². The second-order valence-corrected chi connectivity index (χ2v) is 4.79. The van der Waals surface area contributed by atoms with Crippen LogP contribution in [0.4, 0.5) is 0 Å². The lowest BCUT2D eigenvalue weighted by Gasteiger charge is -2.07. The zero-order chi connectivity index (χ0) is 15.4. The van der Waals surface area contributed by atoms with Crippen LogP contribution in [0.3, 0.4) is 0 Å². The maximum atomic E-state index is 11.9. The SMILES string of the molecule is O=C(/C=C\c1ccccc1)Oc1cccc2c(O)cccc12. The van der Waals surface area contributed by atoms with Gasteiger partial charge in [-0.3, -0.25) is 0 Å². The van der Waals surface area contributed by atoms with Gasteiger partial charge in [-0.25, -0.2) is 4.79 Å². The highest BCUT2D eigenvalue weighted by atomic mass is 16.5. The van der Waals surface area contributed by atoms with Crippen molar-refractivity contribution < 1.29 is 14.6 Å². The Morgan fingerprint density at radius 2 is 1.59 bits per heavy atom. The minimum Gasteiger partial charge on any atom is -0.507 e. The fourth-order valence-electron chi connectivity index (χ4n) is 2.22. The molecule has 0 aromatic heterocycles. The summed E-state index contributed by atoms with van der Waals surface area (Å²) in [4.78, 5) is 11.9. The summed E-state index contributed by atoms with van der Waals surface area (Å²) >= 11 is 0. The predicted molar refractivity (Wildman–Crippen MR) is 86.7 cm³/mol. The van der Waals surface area contributed by atoms with Gasteiger partial charge in [0.2, 0.25) is 0 Å². The van der Waals surface area contributed by atoms with Crippen molar-refractivity contribution in [1.29, 1.82) is 0 Å². The molecule has 0 saturated heterocycles. The molecule has 0 atom stereocenters. The molecular weight excluding hydrogens is 276 g/mol. The molecule has 22 heavy (non-hydrogen) atoms. The molecule has 0 aliphatic heterocycles. The largest absolute Gasteiger partial charge is 0.507 e. The van der Waals surface area contributed by atoms with Crippen LogP contribution < -0.4 is 4.74 Å². The molecule has 0 heterocycles. The second kappa shape index (κ2) is 6.14. The molecule has 0 saturated carbocycles. The Bertz CT molecular complexity index is 836. The van der Waals surface area contributed by atoms with Gasteiger partial charge in [-0.1, -0.05) is 54.6 Å². The number of esters is 1. The van der Waals surface area contributed by atoms with E-state index in [4.69, 9.17) is 4.74 Å². The van der Waals surface area contributed by atoms with Crippen LogP contribution in [0.5, 0.6) is 11.5 Å². The van der Waals surface area contributed by atoms with Crippen molar-refractivity contribution >= 4 is 22.8 Å². The molecule has 0 spiro atoms. The number of hydrogen-bond acceptors (Lipinski definition) is 3. The molecule has 0 unspecified atom stereocenters. The third kappa shape index (κ3) is 2.99. The monoisotopic (exact) mass is 290 g/mol. The van der Waals surface area contributed by atoms with Crippen molar-refractivity contribution in [3.05, 3.63) is 78.4 Å². The molecule has 3 aromatic carbocycles. The Morgan fingerprint density at radius 3 is 2.41 bits per heavy atom. The summed E-state index contributed by atoms with van der Waals surface area (Å²) in [6.07, 6.45) is 3.09. The lowest BCUT2D eigenvalue weighted by atomic mass is 10.1. The average molecular weight is 290 g/mol. The number of carbonyl (C=O) groups excluding carboxylic acids is 1. The molecule has 0 amide bonds. The molecule has 3 nitrogen and oxygen atoms in total. The maximum Gasteiger partial charge on any atom is 0.336 e. The Labute approximate surface area is 128 Å². The van der Waals surface area contributed by atoms with Crippen LogP contribution in [0.15, 0.2) is 72.8 Å². The Hall–Kier alpha value is -3.07. The van der Waals surface area contributed by atoms with Crippen molar-refractivity contribution in [3.63, 3.8) is 0 Å². The standard InChI is InChI=1S/C19H14O3/c20-17-10-4-9-16-15(17)8-5-11-18(16)22-19(21)13-12-14-6-2-1-3-7-14/h1-13,20H/b13-12-. The van der Waals surface area contributed by atoms with Crippen LogP contribution in [-0.2, 0) is 4.79 Å². The van der Waals surface area contributed by atoms with E-state index in [0.29, 0.717) is 16.5 Å². The number of phenolic OH excluding ortho intramolecular Hbond substituents is 1. The summed E-state index contributed by atoms with van der Waals surface area (Å²) in [5.41, 5.74) is 0.926. The lowest BCUT2D eigenvalue weighted by Crippen LogP contribution is -2.03. The predicted octanol–water partition coefficient (Wildman–Crippen LogP) is 4.16. The van der Waals surface area contributed by atoms with Crippen molar-refractivity contribution in [3.8, 4) is 11.5 Å². The molecule has 0 aliphatic rings. The highest BCUT2D eigenvalue weighted by Gasteiger charge is 2.07. The second-order valence-electron chi connectivity index (χ2n) is 4.79. The molecule has 3 rings (SSSR count). The molecule has 3 heteroatoms. The maximum absolute atomic E-state index is 11.9. The smallest absolute Gasteiger partial charge is 0.336 e. The van der Waals surface area contributed by atoms with Crippen LogP contribution in [-0.4, -0.2) is 11.1 Å². The van der Waals surface area contributed by atoms with E-state index in [0.717, 1.165) is 5.56 Å². The van der Waals surface area contributed by atoms with Crippen molar-refractivity contribution in [2.75, 3.05) is 0 Å². The zero-order valence-corrected chi connectivity index (χ0v) is 11.8. The molecule has 0 aliphatic carbocycles. The summed E-state index contributed by atoms with van der Waals surface area (Å²) in [7, 11) is 0. The first kappa shape index (κ1) is 13.9. The van der Waals surface area contributed by atoms with E-state index in [-0.39, 0.29) is 5.75 Å². The van der Waals surface area contributed by atoms with E-state index < -0.39 is 5.97 Å². The fourth-order valence-corrected chi connectivity index (χ4v) is 2.22. The number of benzene rings is 3. The molecule has 0 radical (unpaired) electrons. The van der Waals surface area contributed by atoms with Crippen LogP contribution >= 0.6 is 0 Å². The summed E-state index contributed by atoms with van der Waals surface area (Å²) in [5, 5.41) is 11.2. The van der Waals surface area contributed by atoms with Gasteiger partial charge in [0.05, 0.1) is 0 Å². The first-order valence-electron chi connectivity index (χ1n) is 6.90. The Morgan fingerprint density at radius 1 is 0.864 bits per heavy atom. The first-order chi connectivity index (χ1) is 10.7. The van der Waals surface area contributed by atoms with Crippen molar-refractivity contribution in [1.82, 2.24) is 0 Å². The van der Waals surface area contributed by atoms with Crippen LogP contribution in [0.25, 0.3) is 16.8 Å². The van der Waals surface area contributed by atoms with Gasteiger partial charge in [0.25, 0.3) is 0 Å². The van der Waals surface area contributed by atoms with Crippen LogP contribution in [0.2, 0.25) is 0 Å². The van der Waals surface area contributed by atoms with Gasteiger partial charge in [-0.15, -0.1) is 0 Å². The number of carbonyl (C=O) groups is 1. The number of rotatable bonds is 3. The highest BCUT2D eigenvalue weighted by molar-refractivity contribution is 5.96. The number of fused-ring (bicyclic) bond motifs is 1. The van der Waals surface area contributed by atoms with Crippen molar-refractivity contribution in [2.45, 2.75) is 0 Å². The van der Waals surface area contributed by atoms with Gasteiger partial charge in [0.1, 0.15) is 11.5 Å². The van der Waals surface area contributed by atoms with E-state index in [1.807, 2.05) is 30.3 Å². The van der Waals surface area contributed by atoms with Gasteiger partial charge in [0.15, 0.2) is 0 Å². The van der Waals surface area contributed by atoms with E-state index in [1.54, 1.807) is 42.5 Å². The average Bonchev–Trinajstić information content (AvgIpc) is 2.55. The fraction of sp³-hybridized carbons (Fsp3) is 0. The normalized spacial score (nSPS) is 10.9. The highest BCUT2D eigenvalue weighted by Crippen LogP contribution is 2.31. The molecule has 3 aromatic rings. The molecular formula is C19H14O3. The zero-order valence-electron chi connectivity index (χ0n) is 11.8. The van der Waals surface area contributed by atoms with Crippen LogP contribution in [0, 0.1) is 0 Å². The summed E-state index contributed by atoms with van der Waals surface area (Å²) in [5.74, 6) is 0.131. The third-order valence-electron chi connectivity index (χ3n) is 3.28. The first-order valence-corrected chi connectivity index (χ1v) is 6.90. The molecule has 1 N–H and O–H groups in total. The third-order valence-corrected chi connectivity index (χ3v) is 3.28. The topological polar surface area (TPSA) is 46.5 Å². The van der Waals surface area contributed by atoms with Gasteiger partial charge < -0.3 is 9.84 Å². The van der Waals surface area contributed by atoms with Gasteiger partial charge in [-0.2, -0.15) is 0 Å². The van der Waals surface area contributed by atoms with E-state index in [2.05, 4.69) is 0 Å². The number of hydrogen-bond donors (Lipinski definition) is 1. The lowest BCUT2D eigenvalue weighted by molar-refractivity contribution is -0.128. The number of ether oxygens (including phenoxy) is 1. The Kier molecular flexibility index (Phi) is 3.88. The molecule has 108 valence electrons. The molecule has 0 bridgehead atoms. The van der Waals surface area contributed by atoms with Crippen molar-refractivity contribution in [2.24, 2.45) is 0 Å². The number of phenols is 1. The summed E-state index contributed by atoms with van der Waals surface area (Å²) in [6, 6.07) is 19.9. The minimum absolute atomic E-state index is 0.162. The summed E-state index contributed by atoms with van der Waals surface area (Å²) < 4.78 is 5.37. The van der Waals surface area contributed by atoms with E-state index >= 15 is 0 Å². The van der Waals surface area contributed by atoms with Crippen LogP contribution in [0.1, 0.15) is 5.56 Å². The minimum atomic E-state index is -0.459. The van der Waals surface area contributed by atoms with Gasteiger partial charge in [0, 0.05) is 16.8 Å². The quantitative estimate of drug-likeness (QED) is 0.447. The van der Waals surface area contributed by atoms with E-state index in [1.165, 1.54) is 6.08 Å².